The van der Waals surface area contributed by atoms with Gasteiger partial charge in [0.1, 0.15) is 5.82 Å². The van der Waals surface area contributed by atoms with Gasteiger partial charge < -0.3 is 10.2 Å². The van der Waals surface area contributed by atoms with E-state index in [-0.39, 0.29) is 16.4 Å². The van der Waals surface area contributed by atoms with E-state index in [0.29, 0.717) is 24.5 Å². The molecule has 1 fully saturated rings. The zero-order valence-corrected chi connectivity index (χ0v) is 20.1. The van der Waals surface area contributed by atoms with Crippen molar-refractivity contribution in [1.29, 1.82) is 0 Å². The van der Waals surface area contributed by atoms with Crippen molar-refractivity contribution in [2.24, 2.45) is 0 Å². The number of benzene rings is 2. The van der Waals surface area contributed by atoms with E-state index in [1.54, 1.807) is 50.4 Å². The van der Waals surface area contributed by atoms with Crippen LogP contribution < -0.4 is 10.2 Å². The van der Waals surface area contributed by atoms with Crippen molar-refractivity contribution in [2.45, 2.75) is 31.6 Å². The van der Waals surface area contributed by atoms with Gasteiger partial charge in [-0.25, -0.2) is 17.5 Å². The minimum atomic E-state index is -3.69. The van der Waals surface area contributed by atoms with Crippen LogP contribution >= 0.6 is 0 Å². The monoisotopic (exact) mass is 485 g/mol. The molecule has 10 heteroatoms. The van der Waals surface area contributed by atoms with E-state index >= 15 is 0 Å². The van der Waals surface area contributed by atoms with Crippen molar-refractivity contribution in [3.63, 3.8) is 0 Å². The Kier molecular flexibility index (Phi) is 6.99. The van der Waals surface area contributed by atoms with Gasteiger partial charge >= 0.3 is 0 Å². The van der Waals surface area contributed by atoms with E-state index in [1.165, 1.54) is 27.2 Å². The van der Waals surface area contributed by atoms with Crippen LogP contribution in [0.15, 0.2) is 59.6 Å². The van der Waals surface area contributed by atoms with Crippen LogP contribution in [0.4, 0.5) is 15.8 Å². The summed E-state index contributed by atoms with van der Waals surface area (Å²) in [5, 5.41) is 7.17. The molecule has 0 spiro atoms. The molecule has 3 aromatic rings. The number of carbonyl (C=O) groups excluding carboxylic acids is 1. The summed E-state index contributed by atoms with van der Waals surface area (Å²) in [6.07, 6.45) is 3.69. The number of anilines is 2. The maximum absolute atomic E-state index is 13.2. The Morgan fingerprint density at radius 1 is 1.06 bits per heavy atom. The summed E-state index contributed by atoms with van der Waals surface area (Å²) in [5.41, 5.74) is 1.98. The summed E-state index contributed by atoms with van der Waals surface area (Å²) < 4.78 is 42.2. The highest BCUT2D eigenvalue weighted by Gasteiger charge is 2.25. The van der Waals surface area contributed by atoms with Crippen molar-refractivity contribution in [2.75, 3.05) is 36.4 Å². The first-order chi connectivity index (χ1) is 16.3. The highest BCUT2D eigenvalue weighted by molar-refractivity contribution is 7.89. The number of rotatable bonds is 8. The standard InChI is InChI=1S/C24H28FN5O3S/c1-3-29(4-2)34(32,33)20-11-12-23(28-14-5-6-15-28)22(17-20)26-24(31)21-13-16-30(27-21)19-9-7-18(25)8-10-19/h7-13,16-17H,3-6,14-15H2,1-2H3,(H,26,31). The number of nitrogens with zero attached hydrogens (tertiary/aromatic N) is 4. The summed E-state index contributed by atoms with van der Waals surface area (Å²) >= 11 is 0. The van der Waals surface area contributed by atoms with Gasteiger partial charge in [0.05, 0.1) is 22.0 Å². The van der Waals surface area contributed by atoms with Crippen molar-refractivity contribution in [1.82, 2.24) is 14.1 Å². The molecule has 2 heterocycles. The quantitative estimate of drug-likeness (QED) is 0.523. The maximum atomic E-state index is 13.2. The Morgan fingerprint density at radius 3 is 2.38 bits per heavy atom. The lowest BCUT2D eigenvalue weighted by Crippen LogP contribution is -2.31. The smallest absolute Gasteiger partial charge is 0.276 e. The van der Waals surface area contributed by atoms with E-state index in [4.69, 9.17) is 0 Å². The van der Waals surface area contributed by atoms with Gasteiger partial charge in [-0.1, -0.05) is 13.8 Å². The molecule has 1 aliphatic heterocycles. The fraction of sp³-hybridized carbons (Fsp3) is 0.333. The molecule has 1 amide bonds. The number of hydrogen-bond donors (Lipinski definition) is 1. The molecule has 1 saturated heterocycles. The first kappa shape index (κ1) is 23.9. The van der Waals surface area contributed by atoms with Crippen LogP contribution in [0.1, 0.15) is 37.2 Å². The molecule has 0 saturated carbocycles. The molecule has 1 N–H and O–H groups in total. The average Bonchev–Trinajstić information content (AvgIpc) is 3.53. The molecule has 0 unspecified atom stereocenters. The minimum absolute atomic E-state index is 0.131. The second-order valence-corrected chi connectivity index (χ2v) is 9.98. The van der Waals surface area contributed by atoms with Crippen molar-refractivity contribution in [3.05, 3.63) is 66.2 Å². The number of nitrogens with one attached hydrogen (secondary N) is 1. The Labute approximate surface area is 199 Å². The molecule has 34 heavy (non-hydrogen) atoms. The van der Waals surface area contributed by atoms with Crippen LogP contribution in [0.3, 0.4) is 0 Å². The van der Waals surface area contributed by atoms with E-state index in [2.05, 4.69) is 15.3 Å². The second kappa shape index (κ2) is 9.94. The molecule has 0 bridgehead atoms. The zero-order chi connectivity index (χ0) is 24.3. The lowest BCUT2D eigenvalue weighted by Gasteiger charge is -2.24. The van der Waals surface area contributed by atoms with Crippen molar-refractivity contribution >= 4 is 27.3 Å². The predicted octanol–water partition coefficient (Wildman–Crippen LogP) is 3.89. The van der Waals surface area contributed by atoms with Gasteiger partial charge in [-0.05, 0) is 61.4 Å². The Morgan fingerprint density at radius 2 is 1.74 bits per heavy atom. The molecule has 0 atom stereocenters. The van der Waals surface area contributed by atoms with Gasteiger partial charge in [0.2, 0.25) is 10.0 Å². The highest BCUT2D eigenvalue weighted by Crippen LogP contribution is 2.32. The highest BCUT2D eigenvalue weighted by atomic mass is 32.2. The number of amides is 1. The van der Waals surface area contributed by atoms with Crippen LogP contribution in [-0.2, 0) is 10.0 Å². The molecule has 180 valence electrons. The normalized spacial score (nSPS) is 14.1. The van der Waals surface area contributed by atoms with Gasteiger partial charge in [0.25, 0.3) is 5.91 Å². The predicted molar refractivity (Wildman–Crippen MR) is 129 cm³/mol. The summed E-state index contributed by atoms with van der Waals surface area (Å²) in [6, 6.07) is 12.2. The van der Waals surface area contributed by atoms with Gasteiger partial charge in [-0.2, -0.15) is 9.40 Å². The largest absolute Gasteiger partial charge is 0.370 e. The number of halogens is 1. The van der Waals surface area contributed by atoms with E-state index in [9.17, 15) is 17.6 Å². The maximum Gasteiger partial charge on any atom is 0.276 e. The molecular formula is C24H28FN5O3S. The molecule has 8 nitrogen and oxygen atoms in total. The van der Waals surface area contributed by atoms with E-state index in [1.807, 2.05) is 0 Å². The Hall–Kier alpha value is -3.24. The van der Waals surface area contributed by atoms with Gasteiger partial charge in [-0.15, -0.1) is 0 Å². The SMILES string of the molecule is CCN(CC)S(=O)(=O)c1ccc(N2CCCC2)c(NC(=O)c2ccn(-c3ccc(F)cc3)n2)c1. The van der Waals surface area contributed by atoms with Crippen LogP contribution in [0.5, 0.6) is 0 Å². The third kappa shape index (κ3) is 4.83. The van der Waals surface area contributed by atoms with Gasteiger partial charge in [-0.3, -0.25) is 4.79 Å². The van der Waals surface area contributed by atoms with Crippen LogP contribution in [0.25, 0.3) is 5.69 Å². The molecule has 0 radical (unpaired) electrons. The lowest BCUT2D eigenvalue weighted by atomic mass is 10.2. The summed E-state index contributed by atoms with van der Waals surface area (Å²) in [7, 11) is -3.69. The zero-order valence-electron chi connectivity index (χ0n) is 19.2. The number of aromatic nitrogens is 2. The fourth-order valence-electron chi connectivity index (χ4n) is 4.09. The van der Waals surface area contributed by atoms with Gasteiger partial charge in [0, 0.05) is 32.4 Å². The van der Waals surface area contributed by atoms with Crippen molar-refractivity contribution in [3.8, 4) is 5.69 Å². The molecular weight excluding hydrogens is 457 g/mol. The van der Waals surface area contributed by atoms with Crippen LogP contribution in [0.2, 0.25) is 0 Å². The molecule has 4 rings (SSSR count). The Balaban J connectivity index is 1.65. The topological polar surface area (TPSA) is 87.5 Å². The lowest BCUT2D eigenvalue weighted by molar-refractivity contribution is 0.102. The fourth-order valence-corrected chi connectivity index (χ4v) is 5.58. The third-order valence-electron chi connectivity index (χ3n) is 5.92. The van der Waals surface area contributed by atoms with Gasteiger partial charge in [0.15, 0.2) is 5.69 Å². The van der Waals surface area contributed by atoms with E-state index in [0.717, 1.165) is 31.6 Å². The summed E-state index contributed by atoms with van der Waals surface area (Å²) in [4.78, 5) is 15.3. The molecule has 1 aromatic heterocycles. The van der Waals surface area contributed by atoms with Crippen LogP contribution in [0, 0.1) is 5.82 Å². The molecule has 1 aliphatic rings. The third-order valence-corrected chi connectivity index (χ3v) is 7.96. The molecule has 2 aromatic carbocycles. The average molecular weight is 486 g/mol. The number of sulfonamides is 1. The first-order valence-corrected chi connectivity index (χ1v) is 12.8. The summed E-state index contributed by atoms with van der Waals surface area (Å²) in [5.74, 6) is -0.818. The van der Waals surface area contributed by atoms with Crippen molar-refractivity contribution < 1.29 is 17.6 Å². The minimum Gasteiger partial charge on any atom is -0.370 e. The number of carbonyl (C=O) groups is 1. The first-order valence-electron chi connectivity index (χ1n) is 11.4. The van der Waals surface area contributed by atoms with Crippen LogP contribution in [-0.4, -0.2) is 54.6 Å². The summed E-state index contributed by atoms with van der Waals surface area (Å²) in [6.45, 7) is 5.97. The molecule has 0 aliphatic carbocycles. The number of hydrogen-bond acceptors (Lipinski definition) is 5. The second-order valence-electron chi connectivity index (χ2n) is 8.04. The Bertz CT molecular complexity index is 1260. The van der Waals surface area contributed by atoms with E-state index < -0.39 is 15.9 Å².